The van der Waals surface area contributed by atoms with Gasteiger partial charge in [0.15, 0.2) is 0 Å². The summed E-state index contributed by atoms with van der Waals surface area (Å²) in [6, 6.07) is 15.4. The Balaban J connectivity index is 2.33. The first kappa shape index (κ1) is 12.8. The zero-order valence-electron chi connectivity index (χ0n) is 10.9. The van der Waals surface area contributed by atoms with Gasteiger partial charge in [0, 0.05) is 0 Å². The maximum absolute atomic E-state index is 13.7. The van der Waals surface area contributed by atoms with E-state index in [1.54, 1.807) is 10.6 Å². The fourth-order valence-corrected chi connectivity index (χ4v) is 2.32. The summed E-state index contributed by atoms with van der Waals surface area (Å²) in [4.78, 5) is 4.40. The third kappa shape index (κ3) is 2.22. The average molecular weight is 276 g/mol. The average Bonchev–Trinajstić information content (AvgIpc) is 2.85. The monoisotopic (exact) mass is 276 g/mol. The second-order valence-electron chi connectivity index (χ2n) is 4.50. The molecule has 21 heavy (non-hydrogen) atoms. The number of para-hydroxylation sites is 2. The molecule has 0 amide bonds. The van der Waals surface area contributed by atoms with Crippen LogP contribution in [0.3, 0.4) is 0 Å². The molecule has 0 aliphatic rings. The summed E-state index contributed by atoms with van der Waals surface area (Å²) in [6.45, 7) is 0. The van der Waals surface area contributed by atoms with Gasteiger partial charge in [0.05, 0.1) is 40.8 Å². The SMILES string of the molecule is N#CCc1nc2ccccc2n1-c1cc(F)cc(C#N)c1. The highest BCUT2D eigenvalue weighted by atomic mass is 19.1. The van der Waals surface area contributed by atoms with Crippen molar-refractivity contribution in [3.63, 3.8) is 0 Å². The second kappa shape index (κ2) is 5.07. The van der Waals surface area contributed by atoms with Gasteiger partial charge in [-0.05, 0) is 30.3 Å². The van der Waals surface area contributed by atoms with Crippen molar-refractivity contribution >= 4 is 11.0 Å². The number of nitriles is 2. The molecule has 0 fully saturated rings. The van der Waals surface area contributed by atoms with Crippen LogP contribution in [0.25, 0.3) is 16.7 Å². The Labute approximate surface area is 120 Å². The number of nitrogens with zero attached hydrogens (tertiary/aromatic N) is 4. The molecule has 0 bridgehead atoms. The zero-order chi connectivity index (χ0) is 14.8. The minimum absolute atomic E-state index is 0.104. The molecule has 3 aromatic rings. The van der Waals surface area contributed by atoms with Gasteiger partial charge in [-0.1, -0.05) is 12.1 Å². The molecule has 0 saturated heterocycles. The Morgan fingerprint density at radius 2 is 1.95 bits per heavy atom. The van der Waals surface area contributed by atoms with E-state index < -0.39 is 5.82 Å². The summed E-state index contributed by atoms with van der Waals surface area (Å²) < 4.78 is 15.4. The summed E-state index contributed by atoms with van der Waals surface area (Å²) in [5.41, 5.74) is 2.22. The summed E-state index contributed by atoms with van der Waals surface area (Å²) in [6.07, 6.45) is 0.104. The highest BCUT2D eigenvalue weighted by Crippen LogP contribution is 2.23. The van der Waals surface area contributed by atoms with Crippen LogP contribution in [0.4, 0.5) is 4.39 Å². The number of benzene rings is 2. The van der Waals surface area contributed by atoms with Crippen LogP contribution in [0.2, 0.25) is 0 Å². The molecule has 0 saturated carbocycles. The van der Waals surface area contributed by atoms with Crippen LogP contribution < -0.4 is 0 Å². The topological polar surface area (TPSA) is 65.4 Å². The maximum atomic E-state index is 13.7. The van der Waals surface area contributed by atoms with Gasteiger partial charge in [-0.25, -0.2) is 9.37 Å². The van der Waals surface area contributed by atoms with Crippen molar-refractivity contribution < 1.29 is 4.39 Å². The van der Waals surface area contributed by atoms with Crippen molar-refractivity contribution in [1.82, 2.24) is 9.55 Å². The number of hydrogen-bond donors (Lipinski definition) is 0. The van der Waals surface area contributed by atoms with Crippen LogP contribution in [-0.4, -0.2) is 9.55 Å². The molecule has 1 aromatic heterocycles. The van der Waals surface area contributed by atoms with Gasteiger partial charge >= 0.3 is 0 Å². The molecule has 100 valence electrons. The number of fused-ring (bicyclic) bond motifs is 1. The normalized spacial score (nSPS) is 10.2. The lowest BCUT2D eigenvalue weighted by molar-refractivity contribution is 0.626. The predicted octanol–water partition coefficient (Wildman–Crippen LogP) is 3.10. The van der Waals surface area contributed by atoms with E-state index in [4.69, 9.17) is 10.5 Å². The molecule has 2 aromatic carbocycles. The molecule has 0 spiro atoms. The van der Waals surface area contributed by atoms with Crippen molar-refractivity contribution in [2.75, 3.05) is 0 Å². The largest absolute Gasteiger partial charge is 0.295 e. The van der Waals surface area contributed by atoms with E-state index in [1.807, 2.05) is 30.3 Å². The number of aromatic nitrogens is 2. The van der Waals surface area contributed by atoms with Gasteiger partial charge in [0.25, 0.3) is 0 Å². The molecule has 5 heteroatoms. The van der Waals surface area contributed by atoms with Gasteiger partial charge < -0.3 is 0 Å². The Hall–Kier alpha value is -3.18. The second-order valence-corrected chi connectivity index (χ2v) is 4.50. The van der Waals surface area contributed by atoms with Crippen LogP contribution >= 0.6 is 0 Å². The van der Waals surface area contributed by atoms with Crippen molar-refractivity contribution in [1.29, 1.82) is 10.5 Å². The number of imidazole rings is 1. The molecule has 0 aliphatic heterocycles. The Kier molecular flexibility index (Phi) is 3.10. The molecule has 4 nitrogen and oxygen atoms in total. The van der Waals surface area contributed by atoms with Gasteiger partial charge in [-0.2, -0.15) is 10.5 Å². The van der Waals surface area contributed by atoms with Gasteiger partial charge in [-0.3, -0.25) is 4.57 Å². The fourth-order valence-electron chi connectivity index (χ4n) is 2.32. The lowest BCUT2D eigenvalue weighted by Gasteiger charge is -2.08. The van der Waals surface area contributed by atoms with Crippen LogP contribution in [0.5, 0.6) is 0 Å². The number of rotatable bonds is 2. The Morgan fingerprint density at radius 3 is 2.71 bits per heavy atom. The third-order valence-corrected chi connectivity index (χ3v) is 3.14. The molecule has 0 unspecified atom stereocenters. The van der Waals surface area contributed by atoms with Crippen LogP contribution in [0.1, 0.15) is 11.4 Å². The zero-order valence-corrected chi connectivity index (χ0v) is 10.9. The first-order valence-electron chi connectivity index (χ1n) is 6.27. The minimum atomic E-state index is -0.496. The molecular weight excluding hydrogens is 267 g/mol. The summed E-state index contributed by atoms with van der Waals surface area (Å²) >= 11 is 0. The quantitative estimate of drug-likeness (QED) is 0.722. The minimum Gasteiger partial charge on any atom is -0.295 e. The van der Waals surface area contributed by atoms with Crippen molar-refractivity contribution in [2.24, 2.45) is 0 Å². The number of hydrogen-bond acceptors (Lipinski definition) is 3. The smallest absolute Gasteiger partial charge is 0.128 e. The molecule has 0 N–H and O–H groups in total. The Morgan fingerprint density at radius 1 is 1.14 bits per heavy atom. The van der Waals surface area contributed by atoms with E-state index in [1.165, 1.54) is 12.1 Å². The predicted molar refractivity (Wildman–Crippen MR) is 75.1 cm³/mol. The molecule has 0 radical (unpaired) electrons. The van der Waals surface area contributed by atoms with E-state index in [2.05, 4.69) is 11.1 Å². The first-order chi connectivity index (χ1) is 10.2. The van der Waals surface area contributed by atoms with E-state index in [-0.39, 0.29) is 12.0 Å². The standard InChI is InChI=1S/C16H9FN4/c17-12-7-11(10-19)8-13(9-12)21-15-4-2-1-3-14(15)20-16(21)5-6-18/h1-4,7-9H,5H2. The Bertz CT molecular complexity index is 912. The molecule has 0 aliphatic carbocycles. The summed E-state index contributed by atoms with van der Waals surface area (Å²) in [5.74, 6) is 0.0259. The van der Waals surface area contributed by atoms with Gasteiger partial charge in [-0.15, -0.1) is 0 Å². The van der Waals surface area contributed by atoms with Crippen molar-refractivity contribution in [3.05, 3.63) is 59.7 Å². The van der Waals surface area contributed by atoms with E-state index >= 15 is 0 Å². The van der Waals surface area contributed by atoms with Gasteiger partial charge in [0.2, 0.25) is 0 Å². The van der Waals surface area contributed by atoms with E-state index in [0.29, 0.717) is 11.5 Å². The van der Waals surface area contributed by atoms with Crippen molar-refractivity contribution in [2.45, 2.75) is 6.42 Å². The summed E-state index contributed by atoms with van der Waals surface area (Å²) in [7, 11) is 0. The van der Waals surface area contributed by atoms with E-state index in [0.717, 1.165) is 11.0 Å². The molecule has 0 atom stereocenters. The highest BCUT2D eigenvalue weighted by Gasteiger charge is 2.13. The summed E-state index contributed by atoms with van der Waals surface area (Å²) in [5, 5.41) is 17.9. The lowest BCUT2D eigenvalue weighted by atomic mass is 10.2. The lowest BCUT2D eigenvalue weighted by Crippen LogP contribution is -2.01. The first-order valence-corrected chi connectivity index (χ1v) is 6.27. The van der Waals surface area contributed by atoms with Crippen LogP contribution in [-0.2, 0) is 6.42 Å². The van der Waals surface area contributed by atoms with Crippen LogP contribution in [0.15, 0.2) is 42.5 Å². The maximum Gasteiger partial charge on any atom is 0.128 e. The van der Waals surface area contributed by atoms with Crippen molar-refractivity contribution in [3.8, 4) is 17.8 Å². The van der Waals surface area contributed by atoms with E-state index in [9.17, 15) is 4.39 Å². The molecular formula is C16H9FN4. The molecule has 3 rings (SSSR count). The highest BCUT2D eigenvalue weighted by molar-refractivity contribution is 5.78. The fraction of sp³-hybridized carbons (Fsp3) is 0.0625. The van der Waals surface area contributed by atoms with Gasteiger partial charge in [0.1, 0.15) is 11.6 Å². The molecule has 1 heterocycles. The van der Waals surface area contributed by atoms with Crippen LogP contribution in [0, 0.1) is 28.5 Å². The number of halogens is 1. The third-order valence-electron chi connectivity index (χ3n) is 3.14.